The summed E-state index contributed by atoms with van der Waals surface area (Å²) in [5, 5.41) is 9.20. The molecule has 8 nitrogen and oxygen atoms in total. The number of carbonyl (C=O) groups is 1. The van der Waals surface area contributed by atoms with Gasteiger partial charge in [0.05, 0.1) is 52.4 Å². The average molecular weight is 496 g/mol. The Balaban J connectivity index is 1.66. The third-order valence-electron chi connectivity index (χ3n) is 4.48. The third kappa shape index (κ3) is 4.50. The lowest BCUT2D eigenvalue weighted by Crippen LogP contribution is -2.17. The molecule has 0 saturated carbocycles. The second-order valence-corrected chi connectivity index (χ2v) is 7.18. The number of halogens is 6. The van der Waals surface area contributed by atoms with E-state index in [0.29, 0.717) is 10.9 Å². The van der Waals surface area contributed by atoms with Gasteiger partial charge in [-0.1, -0.05) is 11.6 Å². The molecule has 0 radical (unpaired) electrons. The summed E-state index contributed by atoms with van der Waals surface area (Å²) in [4.78, 5) is 20.7. The van der Waals surface area contributed by atoms with Crippen LogP contribution in [0.2, 0.25) is 5.02 Å². The van der Waals surface area contributed by atoms with Gasteiger partial charge in [-0.05, 0) is 18.2 Å². The van der Waals surface area contributed by atoms with Crippen LogP contribution in [0, 0.1) is 11.6 Å². The van der Waals surface area contributed by atoms with Crippen LogP contribution in [0.5, 0.6) is 0 Å². The van der Waals surface area contributed by atoms with E-state index in [1.807, 2.05) is 0 Å². The molecule has 0 aliphatic rings. The van der Waals surface area contributed by atoms with E-state index in [1.165, 1.54) is 12.4 Å². The first-order chi connectivity index (χ1) is 16.0. The van der Waals surface area contributed by atoms with E-state index >= 15 is 0 Å². The Labute approximate surface area is 192 Å². The van der Waals surface area contributed by atoms with Gasteiger partial charge < -0.3 is 11.1 Å². The highest BCUT2D eigenvalue weighted by Crippen LogP contribution is 2.35. The molecule has 0 aliphatic carbocycles. The number of hydrogen-bond acceptors (Lipinski definition) is 6. The number of alkyl halides is 3. The summed E-state index contributed by atoms with van der Waals surface area (Å²) < 4.78 is 68.5. The number of anilines is 2. The summed E-state index contributed by atoms with van der Waals surface area (Å²) in [6.07, 6.45) is -0.718. The molecule has 4 aromatic rings. The van der Waals surface area contributed by atoms with Crippen LogP contribution in [0.4, 0.5) is 33.3 Å². The summed E-state index contributed by atoms with van der Waals surface area (Å²) in [5.41, 5.74) is 3.28. The van der Waals surface area contributed by atoms with Crippen LogP contribution in [0.3, 0.4) is 0 Å². The fourth-order valence-electron chi connectivity index (χ4n) is 3.00. The molecule has 0 unspecified atom stereocenters. The lowest BCUT2D eigenvalue weighted by molar-refractivity contribution is -0.137. The van der Waals surface area contributed by atoms with Gasteiger partial charge >= 0.3 is 6.18 Å². The molecule has 34 heavy (non-hydrogen) atoms. The van der Waals surface area contributed by atoms with Gasteiger partial charge in [-0.2, -0.15) is 23.4 Å². The van der Waals surface area contributed by atoms with E-state index in [9.17, 15) is 26.7 Å². The summed E-state index contributed by atoms with van der Waals surface area (Å²) >= 11 is 6.11. The molecule has 1 aromatic carbocycles. The molecule has 0 spiro atoms. The molecule has 0 aliphatic heterocycles. The number of benzene rings is 1. The van der Waals surface area contributed by atoms with Crippen molar-refractivity contribution in [3.8, 4) is 17.1 Å². The van der Waals surface area contributed by atoms with E-state index in [1.54, 1.807) is 0 Å². The zero-order chi connectivity index (χ0) is 24.6. The second kappa shape index (κ2) is 8.67. The van der Waals surface area contributed by atoms with Crippen molar-refractivity contribution in [2.45, 2.75) is 6.18 Å². The molecule has 14 heteroatoms. The summed E-state index contributed by atoms with van der Waals surface area (Å²) in [6, 6.07) is 3.38. The van der Waals surface area contributed by atoms with E-state index in [4.69, 9.17) is 17.3 Å². The fourth-order valence-corrected chi connectivity index (χ4v) is 3.25. The molecule has 0 atom stereocenters. The SMILES string of the molecule is Nc1cc(F)cnc1-c1cc(Cl)c(C(=O)Nc2cnc(-n3nccn3)c(C(F)(F)F)c2)cc1F. The minimum Gasteiger partial charge on any atom is -0.397 e. The lowest BCUT2D eigenvalue weighted by Gasteiger charge is -2.14. The first-order valence-corrected chi connectivity index (χ1v) is 9.58. The largest absolute Gasteiger partial charge is 0.420 e. The zero-order valence-electron chi connectivity index (χ0n) is 16.6. The van der Waals surface area contributed by atoms with Crippen molar-refractivity contribution >= 4 is 28.9 Å². The first-order valence-electron chi connectivity index (χ1n) is 9.20. The second-order valence-electron chi connectivity index (χ2n) is 6.77. The summed E-state index contributed by atoms with van der Waals surface area (Å²) in [5.74, 6) is -3.30. The van der Waals surface area contributed by atoms with Gasteiger partial charge in [0.2, 0.25) is 0 Å². The molecule has 0 bridgehead atoms. The van der Waals surface area contributed by atoms with Crippen LogP contribution in [0.1, 0.15) is 15.9 Å². The van der Waals surface area contributed by atoms with Crippen LogP contribution >= 0.6 is 11.6 Å². The Morgan fingerprint density at radius 1 is 1.03 bits per heavy atom. The van der Waals surface area contributed by atoms with Crippen LogP contribution in [0.25, 0.3) is 17.1 Å². The highest BCUT2D eigenvalue weighted by atomic mass is 35.5. The molecule has 1 amide bonds. The summed E-state index contributed by atoms with van der Waals surface area (Å²) in [6.45, 7) is 0. The number of nitrogens with one attached hydrogen (secondary N) is 1. The molecule has 0 fully saturated rings. The predicted octanol–water partition coefficient (Wildman–Crippen LogP) is 4.51. The lowest BCUT2D eigenvalue weighted by atomic mass is 10.1. The molecular weight excluding hydrogens is 485 g/mol. The minimum atomic E-state index is -4.84. The van der Waals surface area contributed by atoms with E-state index < -0.39 is 35.1 Å². The standard InChI is InChI=1S/C20H11ClF5N7O/c21-14-5-12(17-16(27)3-9(22)7-28-17)15(23)6-11(14)19(34)32-10-4-13(20(24,25)26)18(29-8-10)33-30-1-2-31-33/h1-8H,27H2,(H,32,34). The van der Waals surface area contributed by atoms with Gasteiger partial charge in [-0.25, -0.2) is 13.8 Å². The Morgan fingerprint density at radius 3 is 2.38 bits per heavy atom. The van der Waals surface area contributed by atoms with Crippen molar-refractivity contribution in [2.75, 3.05) is 11.1 Å². The normalized spacial score (nSPS) is 11.5. The topological polar surface area (TPSA) is 112 Å². The van der Waals surface area contributed by atoms with Crippen molar-refractivity contribution in [2.24, 2.45) is 0 Å². The number of nitrogen functional groups attached to an aromatic ring is 1. The highest BCUT2D eigenvalue weighted by molar-refractivity contribution is 6.34. The number of pyridine rings is 2. The van der Waals surface area contributed by atoms with Gasteiger partial charge in [0, 0.05) is 11.6 Å². The van der Waals surface area contributed by atoms with E-state index in [-0.39, 0.29) is 33.2 Å². The van der Waals surface area contributed by atoms with Crippen LogP contribution < -0.4 is 11.1 Å². The molecule has 3 N–H and O–H groups in total. The Hall–Kier alpha value is -4.13. The molecular formula is C20H11ClF5N7O. The van der Waals surface area contributed by atoms with Crippen molar-refractivity contribution in [3.63, 3.8) is 0 Å². The van der Waals surface area contributed by atoms with Crippen LogP contribution in [-0.4, -0.2) is 30.9 Å². The number of nitrogens with two attached hydrogens (primary N) is 1. The monoisotopic (exact) mass is 495 g/mol. The maximum absolute atomic E-state index is 14.7. The molecule has 174 valence electrons. The van der Waals surface area contributed by atoms with Gasteiger partial charge in [0.25, 0.3) is 5.91 Å². The number of nitrogens with zero attached hydrogens (tertiary/aromatic N) is 5. The highest BCUT2D eigenvalue weighted by Gasteiger charge is 2.36. The quantitative estimate of drug-likeness (QED) is 0.403. The first kappa shape index (κ1) is 23.0. The van der Waals surface area contributed by atoms with Crippen molar-refractivity contribution in [1.82, 2.24) is 25.0 Å². The average Bonchev–Trinajstić information content (AvgIpc) is 3.29. The predicted molar refractivity (Wildman–Crippen MR) is 111 cm³/mol. The number of rotatable bonds is 4. The zero-order valence-corrected chi connectivity index (χ0v) is 17.4. The van der Waals surface area contributed by atoms with Gasteiger partial charge in [0.1, 0.15) is 17.2 Å². The molecule has 3 heterocycles. The number of carbonyl (C=O) groups excluding carboxylic acids is 1. The van der Waals surface area contributed by atoms with Crippen molar-refractivity contribution in [3.05, 3.63) is 76.8 Å². The van der Waals surface area contributed by atoms with Gasteiger partial charge in [-0.15, -0.1) is 4.80 Å². The maximum Gasteiger partial charge on any atom is 0.420 e. The molecule has 4 rings (SSSR count). The summed E-state index contributed by atoms with van der Waals surface area (Å²) in [7, 11) is 0. The Bertz CT molecular complexity index is 1390. The van der Waals surface area contributed by atoms with Crippen molar-refractivity contribution < 1.29 is 26.7 Å². The van der Waals surface area contributed by atoms with E-state index in [0.717, 1.165) is 30.6 Å². The fraction of sp³-hybridized carbons (Fsp3) is 0.0500. The molecule has 3 aromatic heterocycles. The van der Waals surface area contributed by atoms with Crippen LogP contribution in [0.15, 0.2) is 49.1 Å². The van der Waals surface area contributed by atoms with Crippen molar-refractivity contribution in [1.29, 1.82) is 0 Å². The third-order valence-corrected chi connectivity index (χ3v) is 4.79. The van der Waals surface area contributed by atoms with Gasteiger partial charge in [-0.3, -0.25) is 9.78 Å². The number of hydrogen-bond donors (Lipinski definition) is 2. The number of amides is 1. The number of aromatic nitrogens is 5. The Kier molecular flexibility index (Phi) is 5.87. The van der Waals surface area contributed by atoms with Gasteiger partial charge in [0.15, 0.2) is 5.82 Å². The minimum absolute atomic E-state index is 0.102. The van der Waals surface area contributed by atoms with E-state index in [2.05, 4.69) is 25.5 Å². The molecule has 0 saturated heterocycles. The smallest absolute Gasteiger partial charge is 0.397 e. The Morgan fingerprint density at radius 2 is 1.74 bits per heavy atom. The van der Waals surface area contributed by atoms with Crippen LogP contribution in [-0.2, 0) is 6.18 Å². The maximum atomic E-state index is 14.7.